The van der Waals surface area contributed by atoms with Gasteiger partial charge in [0.25, 0.3) is 0 Å². The molecule has 0 atom stereocenters. The van der Waals surface area contributed by atoms with Crippen LogP contribution < -0.4 is 11.1 Å². The number of anilines is 1. The van der Waals surface area contributed by atoms with E-state index < -0.39 is 5.41 Å². The van der Waals surface area contributed by atoms with E-state index in [4.69, 9.17) is 10.5 Å². The van der Waals surface area contributed by atoms with Crippen molar-refractivity contribution in [3.8, 4) is 0 Å². The third-order valence-corrected chi connectivity index (χ3v) is 4.43. The second kappa shape index (κ2) is 7.57. The lowest BCUT2D eigenvalue weighted by atomic mass is 9.79. The molecule has 0 aliphatic heterocycles. The maximum Gasteiger partial charge on any atom is 0.231 e. The Balaban J connectivity index is 2.09. The third kappa shape index (κ3) is 4.05. The molecule has 1 aromatic rings. The normalized spacial score (nSPS) is 18.0. The number of nitrogens with one attached hydrogen (secondary N) is 1. The van der Waals surface area contributed by atoms with Crippen molar-refractivity contribution < 1.29 is 9.53 Å². The fraction of sp³-hybridized carbons (Fsp3) is 0.588. The van der Waals surface area contributed by atoms with Crippen LogP contribution in [0.25, 0.3) is 0 Å². The third-order valence-electron chi connectivity index (χ3n) is 4.43. The molecule has 0 spiro atoms. The summed E-state index contributed by atoms with van der Waals surface area (Å²) in [5.74, 6) is 0.0708. The van der Waals surface area contributed by atoms with Crippen molar-refractivity contribution in [1.82, 2.24) is 0 Å². The molecule has 3 N–H and O–H groups in total. The molecule has 1 aliphatic carbocycles. The van der Waals surface area contributed by atoms with Gasteiger partial charge in [0.2, 0.25) is 5.91 Å². The minimum absolute atomic E-state index is 0.0708. The molecule has 21 heavy (non-hydrogen) atoms. The number of methoxy groups -OCH3 is 1. The van der Waals surface area contributed by atoms with Gasteiger partial charge in [0, 0.05) is 19.3 Å². The van der Waals surface area contributed by atoms with Crippen LogP contribution >= 0.6 is 0 Å². The van der Waals surface area contributed by atoms with Crippen LogP contribution in [0.2, 0.25) is 0 Å². The van der Waals surface area contributed by atoms with Crippen molar-refractivity contribution in [3.05, 3.63) is 29.8 Å². The van der Waals surface area contributed by atoms with Crippen LogP contribution in [-0.2, 0) is 16.1 Å². The zero-order chi connectivity index (χ0) is 15.1. The summed E-state index contributed by atoms with van der Waals surface area (Å²) in [7, 11) is 1.67. The molecule has 4 nitrogen and oxygen atoms in total. The molecular weight excluding hydrogens is 264 g/mol. The number of ether oxygens (including phenoxy) is 1. The van der Waals surface area contributed by atoms with Crippen molar-refractivity contribution >= 4 is 11.6 Å². The molecule has 0 heterocycles. The first-order valence-electron chi connectivity index (χ1n) is 7.79. The molecule has 1 aromatic carbocycles. The summed E-state index contributed by atoms with van der Waals surface area (Å²) in [6, 6.07) is 7.80. The number of amides is 1. The van der Waals surface area contributed by atoms with Crippen molar-refractivity contribution in [1.29, 1.82) is 0 Å². The number of carbonyl (C=O) groups is 1. The van der Waals surface area contributed by atoms with Crippen LogP contribution in [0, 0.1) is 5.41 Å². The van der Waals surface area contributed by atoms with Gasteiger partial charge in [-0.1, -0.05) is 37.8 Å². The highest BCUT2D eigenvalue weighted by atomic mass is 16.5. The molecule has 0 saturated heterocycles. The van der Waals surface area contributed by atoms with Crippen LogP contribution in [0.3, 0.4) is 0 Å². The van der Waals surface area contributed by atoms with Gasteiger partial charge in [0.1, 0.15) is 0 Å². The molecule has 1 fully saturated rings. The molecule has 1 amide bonds. The second-order valence-electron chi connectivity index (χ2n) is 5.99. The molecule has 0 radical (unpaired) electrons. The minimum Gasteiger partial charge on any atom is -0.380 e. The molecule has 4 heteroatoms. The summed E-state index contributed by atoms with van der Waals surface area (Å²) in [6.45, 7) is 0.975. The topological polar surface area (TPSA) is 64.3 Å². The Morgan fingerprint density at radius 1 is 1.29 bits per heavy atom. The predicted molar refractivity (Wildman–Crippen MR) is 85.0 cm³/mol. The molecule has 0 aromatic heterocycles. The summed E-state index contributed by atoms with van der Waals surface area (Å²) in [4.78, 5) is 12.7. The lowest BCUT2D eigenvalue weighted by Crippen LogP contribution is -2.42. The standard InChI is InChI=1S/C17H26N2O2/c1-21-12-14-7-6-8-15(11-14)19-16(20)17(13-18)9-4-2-3-5-10-17/h6-8,11H,2-5,9-10,12-13,18H2,1H3,(H,19,20). The predicted octanol–water partition coefficient (Wildman–Crippen LogP) is 3.07. The Morgan fingerprint density at radius 2 is 2.00 bits per heavy atom. The van der Waals surface area contributed by atoms with Crippen molar-refractivity contribution in [2.45, 2.75) is 45.1 Å². The van der Waals surface area contributed by atoms with E-state index in [1.54, 1.807) is 7.11 Å². The Morgan fingerprint density at radius 3 is 2.62 bits per heavy atom. The number of rotatable bonds is 5. The van der Waals surface area contributed by atoms with Gasteiger partial charge in [-0.3, -0.25) is 4.79 Å². The summed E-state index contributed by atoms with van der Waals surface area (Å²) >= 11 is 0. The number of hydrogen-bond donors (Lipinski definition) is 2. The molecule has 116 valence electrons. The zero-order valence-corrected chi connectivity index (χ0v) is 12.9. The first-order valence-corrected chi connectivity index (χ1v) is 7.79. The van der Waals surface area contributed by atoms with Gasteiger partial charge in [-0.2, -0.15) is 0 Å². The van der Waals surface area contributed by atoms with E-state index in [0.29, 0.717) is 13.2 Å². The Kier molecular flexibility index (Phi) is 5.76. The summed E-state index contributed by atoms with van der Waals surface area (Å²) in [6.07, 6.45) is 6.39. The van der Waals surface area contributed by atoms with E-state index in [-0.39, 0.29) is 5.91 Å². The molecule has 0 unspecified atom stereocenters. The number of nitrogens with two attached hydrogens (primary N) is 1. The highest BCUT2D eigenvalue weighted by molar-refractivity contribution is 5.95. The van der Waals surface area contributed by atoms with Gasteiger partial charge in [-0.25, -0.2) is 0 Å². The Hall–Kier alpha value is -1.39. The number of carbonyl (C=O) groups excluding carboxylic acids is 1. The lowest BCUT2D eigenvalue weighted by Gasteiger charge is -2.29. The maximum atomic E-state index is 12.7. The van der Waals surface area contributed by atoms with Gasteiger partial charge < -0.3 is 15.8 Å². The molecule has 2 rings (SSSR count). The van der Waals surface area contributed by atoms with Crippen LogP contribution in [0.5, 0.6) is 0 Å². The Bertz CT molecular complexity index is 466. The lowest BCUT2D eigenvalue weighted by molar-refractivity contribution is -0.125. The first kappa shape index (κ1) is 16.0. The fourth-order valence-electron chi connectivity index (χ4n) is 3.10. The smallest absolute Gasteiger partial charge is 0.231 e. The second-order valence-corrected chi connectivity index (χ2v) is 5.99. The number of hydrogen-bond acceptors (Lipinski definition) is 3. The summed E-state index contributed by atoms with van der Waals surface area (Å²) < 4.78 is 5.13. The minimum atomic E-state index is -0.395. The Labute approximate surface area is 127 Å². The van der Waals surface area contributed by atoms with E-state index in [1.807, 2.05) is 24.3 Å². The average Bonchev–Trinajstić information content (AvgIpc) is 2.74. The maximum absolute atomic E-state index is 12.7. The highest BCUT2D eigenvalue weighted by Gasteiger charge is 2.37. The van der Waals surface area contributed by atoms with Crippen molar-refractivity contribution in [2.75, 3.05) is 19.0 Å². The monoisotopic (exact) mass is 290 g/mol. The fourth-order valence-corrected chi connectivity index (χ4v) is 3.10. The van der Waals surface area contributed by atoms with Crippen molar-refractivity contribution in [3.63, 3.8) is 0 Å². The number of benzene rings is 1. The summed E-state index contributed by atoms with van der Waals surface area (Å²) in [5.41, 5.74) is 7.44. The van der Waals surface area contributed by atoms with E-state index in [0.717, 1.165) is 36.9 Å². The van der Waals surface area contributed by atoms with Crippen LogP contribution in [0.4, 0.5) is 5.69 Å². The quantitative estimate of drug-likeness (QED) is 0.819. The molecule has 1 saturated carbocycles. The van der Waals surface area contributed by atoms with Gasteiger partial charge in [-0.05, 0) is 30.5 Å². The van der Waals surface area contributed by atoms with E-state index >= 15 is 0 Å². The van der Waals surface area contributed by atoms with Crippen molar-refractivity contribution in [2.24, 2.45) is 11.1 Å². The van der Waals surface area contributed by atoms with E-state index in [9.17, 15) is 4.79 Å². The average molecular weight is 290 g/mol. The van der Waals surface area contributed by atoms with E-state index in [1.165, 1.54) is 12.8 Å². The summed E-state index contributed by atoms with van der Waals surface area (Å²) in [5, 5.41) is 3.06. The first-order chi connectivity index (χ1) is 10.2. The zero-order valence-electron chi connectivity index (χ0n) is 12.9. The van der Waals surface area contributed by atoms with E-state index in [2.05, 4.69) is 5.32 Å². The van der Waals surface area contributed by atoms with Crippen LogP contribution in [-0.4, -0.2) is 19.6 Å². The van der Waals surface area contributed by atoms with Gasteiger partial charge >= 0.3 is 0 Å². The SMILES string of the molecule is COCc1cccc(NC(=O)C2(CN)CCCCCC2)c1. The van der Waals surface area contributed by atoms with Gasteiger partial charge in [0.05, 0.1) is 12.0 Å². The van der Waals surface area contributed by atoms with Crippen LogP contribution in [0.1, 0.15) is 44.1 Å². The highest BCUT2D eigenvalue weighted by Crippen LogP contribution is 2.35. The van der Waals surface area contributed by atoms with Crippen LogP contribution in [0.15, 0.2) is 24.3 Å². The van der Waals surface area contributed by atoms with Gasteiger partial charge in [-0.15, -0.1) is 0 Å². The molecule has 0 bridgehead atoms. The van der Waals surface area contributed by atoms with Gasteiger partial charge in [0.15, 0.2) is 0 Å². The largest absolute Gasteiger partial charge is 0.380 e. The molecule has 1 aliphatic rings. The molecular formula is C17H26N2O2.